The molecule has 0 aromatic heterocycles. The lowest BCUT2D eigenvalue weighted by Crippen LogP contribution is -2.31. The maximum absolute atomic E-state index is 8.97. The van der Waals surface area contributed by atoms with Gasteiger partial charge in [0.2, 0.25) is 0 Å². The fraction of sp³-hybridized carbons (Fsp3) is 0.938. The summed E-state index contributed by atoms with van der Waals surface area (Å²) in [5, 5.41) is 8.97. The molecule has 0 saturated heterocycles. The van der Waals surface area contributed by atoms with Gasteiger partial charge in [0.15, 0.2) is 5.90 Å². The molecule has 124 valence electrons. The molecule has 5 heteroatoms. The molecule has 0 aromatic rings. The van der Waals surface area contributed by atoms with E-state index in [0.29, 0.717) is 19.6 Å². The minimum absolute atomic E-state index is 0.152. The molecule has 1 aliphatic heterocycles. The Morgan fingerprint density at radius 3 is 2.38 bits per heavy atom. The standard InChI is InChI=1S/C16H31NO4/c1-15(2,7-10-18)21-12-8-16(3,4)20-11-5-6-14-17-9-13-19-14/h18H,5-13H2,1-4H3. The van der Waals surface area contributed by atoms with E-state index < -0.39 is 0 Å². The second-order valence-electron chi connectivity index (χ2n) is 6.67. The number of rotatable bonds is 11. The Bertz CT molecular complexity index is 326. The van der Waals surface area contributed by atoms with Crippen LogP contribution in [0.15, 0.2) is 4.99 Å². The van der Waals surface area contributed by atoms with Crippen LogP contribution in [0.3, 0.4) is 0 Å². The molecule has 0 saturated carbocycles. The summed E-state index contributed by atoms with van der Waals surface area (Å²) in [7, 11) is 0. The number of nitrogens with zero attached hydrogens (tertiary/aromatic N) is 1. The van der Waals surface area contributed by atoms with Crippen molar-refractivity contribution >= 4 is 5.90 Å². The van der Waals surface area contributed by atoms with Crippen molar-refractivity contribution in [2.45, 2.75) is 64.6 Å². The molecular weight excluding hydrogens is 270 g/mol. The molecule has 5 nitrogen and oxygen atoms in total. The predicted octanol–water partition coefficient (Wildman–Crippen LogP) is 2.56. The van der Waals surface area contributed by atoms with E-state index in [9.17, 15) is 0 Å². The van der Waals surface area contributed by atoms with Crippen LogP contribution in [0.2, 0.25) is 0 Å². The Balaban J connectivity index is 2.11. The van der Waals surface area contributed by atoms with Crippen LogP contribution in [-0.4, -0.2) is 55.2 Å². The van der Waals surface area contributed by atoms with E-state index in [1.54, 1.807) is 0 Å². The van der Waals surface area contributed by atoms with E-state index >= 15 is 0 Å². The molecule has 1 N–H and O–H groups in total. The van der Waals surface area contributed by atoms with Crippen LogP contribution >= 0.6 is 0 Å². The van der Waals surface area contributed by atoms with Gasteiger partial charge in [0.25, 0.3) is 0 Å². The predicted molar refractivity (Wildman–Crippen MR) is 83.9 cm³/mol. The maximum atomic E-state index is 8.97. The first-order valence-electron chi connectivity index (χ1n) is 7.90. The second-order valence-corrected chi connectivity index (χ2v) is 6.67. The van der Waals surface area contributed by atoms with Crippen LogP contribution in [0.4, 0.5) is 0 Å². The average Bonchev–Trinajstić information content (AvgIpc) is 2.87. The van der Waals surface area contributed by atoms with E-state index in [1.807, 2.05) is 13.8 Å². The summed E-state index contributed by atoms with van der Waals surface area (Å²) in [6, 6.07) is 0. The topological polar surface area (TPSA) is 60.3 Å². The molecular formula is C16H31NO4. The highest BCUT2D eigenvalue weighted by atomic mass is 16.5. The number of ether oxygens (including phenoxy) is 3. The average molecular weight is 301 g/mol. The molecule has 0 spiro atoms. The molecule has 0 amide bonds. The van der Waals surface area contributed by atoms with Crippen molar-refractivity contribution in [2.75, 3.05) is 33.0 Å². The number of aliphatic imine (C=N–C) groups is 1. The third-order valence-electron chi connectivity index (χ3n) is 3.59. The minimum atomic E-state index is -0.275. The Labute approximate surface area is 128 Å². The number of hydrogen-bond acceptors (Lipinski definition) is 5. The summed E-state index contributed by atoms with van der Waals surface area (Å²) in [5.74, 6) is 0.866. The molecule has 0 radical (unpaired) electrons. The number of aliphatic hydroxyl groups excluding tert-OH is 1. The second kappa shape index (κ2) is 8.71. The van der Waals surface area contributed by atoms with Gasteiger partial charge in [-0.2, -0.15) is 0 Å². The monoisotopic (exact) mass is 301 g/mol. The highest BCUT2D eigenvalue weighted by Crippen LogP contribution is 2.19. The summed E-state index contributed by atoms with van der Waals surface area (Å²) in [6.07, 6.45) is 3.27. The molecule has 1 aliphatic rings. The molecule has 0 fully saturated rings. The van der Waals surface area contributed by atoms with E-state index in [1.165, 1.54) is 0 Å². The Morgan fingerprint density at radius 1 is 1.10 bits per heavy atom. The Kier molecular flexibility index (Phi) is 7.63. The first kappa shape index (κ1) is 18.4. The van der Waals surface area contributed by atoms with E-state index in [-0.39, 0.29) is 17.8 Å². The molecule has 0 unspecified atom stereocenters. The number of aliphatic hydroxyl groups is 1. The molecule has 1 heterocycles. The van der Waals surface area contributed by atoms with Gasteiger partial charge in [0, 0.05) is 19.6 Å². The van der Waals surface area contributed by atoms with Gasteiger partial charge < -0.3 is 19.3 Å². The van der Waals surface area contributed by atoms with Crippen molar-refractivity contribution in [1.82, 2.24) is 0 Å². The first-order chi connectivity index (χ1) is 9.85. The highest BCUT2D eigenvalue weighted by molar-refractivity contribution is 5.77. The number of hydrogen-bond donors (Lipinski definition) is 1. The molecule has 1 rings (SSSR count). The maximum Gasteiger partial charge on any atom is 0.183 e. The molecule has 0 aliphatic carbocycles. The summed E-state index contributed by atoms with van der Waals surface area (Å²) in [6.45, 7) is 11.2. The van der Waals surface area contributed by atoms with E-state index in [4.69, 9.17) is 19.3 Å². The molecule has 0 aromatic carbocycles. The van der Waals surface area contributed by atoms with Gasteiger partial charge in [-0.25, -0.2) is 0 Å². The molecule has 21 heavy (non-hydrogen) atoms. The Hall–Kier alpha value is -0.650. The fourth-order valence-corrected chi connectivity index (χ4v) is 2.09. The van der Waals surface area contributed by atoms with Gasteiger partial charge in [-0.05, 0) is 47.0 Å². The zero-order valence-electron chi connectivity index (χ0n) is 14.0. The minimum Gasteiger partial charge on any atom is -0.479 e. The van der Waals surface area contributed by atoms with Crippen molar-refractivity contribution < 1.29 is 19.3 Å². The van der Waals surface area contributed by atoms with Crippen molar-refractivity contribution in [1.29, 1.82) is 0 Å². The zero-order valence-corrected chi connectivity index (χ0v) is 14.0. The molecule has 0 atom stereocenters. The fourth-order valence-electron chi connectivity index (χ4n) is 2.09. The van der Waals surface area contributed by atoms with Gasteiger partial charge in [0.05, 0.1) is 24.4 Å². The van der Waals surface area contributed by atoms with Crippen LogP contribution in [0.5, 0.6) is 0 Å². The zero-order chi connectivity index (χ0) is 15.8. The van der Waals surface area contributed by atoms with Gasteiger partial charge in [0.1, 0.15) is 6.61 Å². The lowest BCUT2D eigenvalue weighted by atomic mass is 10.0. The van der Waals surface area contributed by atoms with Crippen LogP contribution in [0.25, 0.3) is 0 Å². The van der Waals surface area contributed by atoms with Gasteiger partial charge in [-0.3, -0.25) is 4.99 Å². The summed E-state index contributed by atoms with van der Waals surface area (Å²) in [5.41, 5.74) is -0.476. The third kappa shape index (κ3) is 8.39. The first-order valence-corrected chi connectivity index (χ1v) is 7.90. The summed E-state index contributed by atoms with van der Waals surface area (Å²) < 4.78 is 17.1. The Morgan fingerprint density at radius 2 is 1.76 bits per heavy atom. The van der Waals surface area contributed by atoms with Crippen molar-refractivity contribution in [3.05, 3.63) is 0 Å². The van der Waals surface area contributed by atoms with Crippen LogP contribution in [0, 0.1) is 0 Å². The van der Waals surface area contributed by atoms with Crippen molar-refractivity contribution in [2.24, 2.45) is 4.99 Å². The SMILES string of the molecule is CC(C)(CCO)OCCC(C)(C)OCCCC1=NCCO1. The summed E-state index contributed by atoms with van der Waals surface area (Å²) in [4.78, 5) is 4.26. The molecule has 0 bridgehead atoms. The highest BCUT2D eigenvalue weighted by Gasteiger charge is 2.22. The normalized spacial score (nSPS) is 16.0. The van der Waals surface area contributed by atoms with E-state index in [0.717, 1.165) is 38.3 Å². The smallest absolute Gasteiger partial charge is 0.183 e. The van der Waals surface area contributed by atoms with Gasteiger partial charge >= 0.3 is 0 Å². The van der Waals surface area contributed by atoms with Crippen LogP contribution < -0.4 is 0 Å². The summed E-state index contributed by atoms with van der Waals surface area (Å²) >= 11 is 0. The van der Waals surface area contributed by atoms with Crippen molar-refractivity contribution in [3.8, 4) is 0 Å². The van der Waals surface area contributed by atoms with Crippen LogP contribution in [-0.2, 0) is 14.2 Å². The van der Waals surface area contributed by atoms with Crippen LogP contribution in [0.1, 0.15) is 53.4 Å². The van der Waals surface area contributed by atoms with Gasteiger partial charge in [-0.1, -0.05) is 0 Å². The lowest BCUT2D eigenvalue weighted by Gasteiger charge is -2.29. The van der Waals surface area contributed by atoms with Gasteiger partial charge in [-0.15, -0.1) is 0 Å². The van der Waals surface area contributed by atoms with Crippen molar-refractivity contribution in [3.63, 3.8) is 0 Å². The quantitative estimate of drug-likeness (QED) is 0.596. The third-order valence-corrected chi connectivity index (χ3v) is 3.59. The van der Waals surface area contributed by atoms with E-state index in [2.05, 4.69) is 18.8 Å². The largest absolute Gasteiger partial charge is 0.479 e. The lowest BCUT2D eigenvalue weighted by molar-refractivity contribution is -0.0778.